The second kappa shape index (κ2) is 27.3. The molecule has 0 atom stereocenters. The zero-order chi connectivity index (χ0) is 49.1. The molecule has 2 saturated carbocycles. The van der Waals surface area contributed by atoms with Gasteiger partial charge in [-0.2, -0.15) is 0 Å². The number of halogens is 2. The first-order valence-corrected chi connectivity index (χ1v) is 24.9. The monoisotopic (exact) mass is 1240 g/mol. The summed E-state index contributed by atoms with van der Waals surface area (Å²) in [5, 5.41) is 7.68. The topological polar surface area (TPSA) is 160 Å². The summed E-state index contributed by atoms with van der Waals surface area (Å²) in [6.07, 6.45) is 15.8. The number of ether oxygens (including phenoxy) is 1. The molecule has 4 aromatic rings. The number of likely N-dealkylation sites (tertiary alicyclic amines) is 1. The molecule has 2 aliphatic carbocycles. The summed E-state index contributed by atoms with van der Waals surface area (Å²) in [7, 11) is 5.12. The van der Waals surface area contributed by atoms with Crippen molar-refractivity contribution in [3.8, 4) is 0 Å². The van der Waals surface area contributed by atoms with Crippen LogP contribution in [0.1, 0.15) is 145 Å². The van der Waals surface area contributed by atoms with Crippen LogP contribution >= 0.6 is 23.2 Å². The quantitative estimate of drug-likeness (QED) is 0.109. The van der Waals surface area contributed by atoms with E-state index in [1.807, 2.05) is 53.4 Å². The Balaban J connectivity index is 0.000000292. The van der Waals surface area contributed by atoms with Crippen LogP contribution in [-0.2, 0) is 53.1 Å². The van der Waals surface area contributed by atoms with Crippen molar-refractivity contribution in [2.24, 2.45) is 20.8 Å². The fourth-order valence-corrected chi connectivity index (χ4v) is 10.6. The average Bonchev–Trinajstić information content (AvgIpc) is 4.15. The first-order valence-electron chi connectivity index (χ1n) is 24.7. The SMILES string of the molecule is CC1(C(=O)NCc2ccc(Cl)c(CC3=Nc4cc(C(=O)N5CCCC5)ccc4C3)c2)CCCCC1.COC(=O)c1ccc2c(c1)N=C(Cc1cc(CNC(=O)C3(C)CCCCC3)ccc1Cl)C2.[3H][B].[Na+].[OH-].[U]. The van der Waals surface area contributed by atoms with Crippen LogP contribution in [0.15, 0.2) is 82.8 Å². The van der Waals surface area contributed by atoms with Gasteiger partial charge in [-0.3, -0.25) is 24.4 Å². The first kappa shape index (κ1) is 58.6. The van der Waals surface area contributed by atoms with Crippen molar-refractivity contribution < 1.29 is 90.1 Å². The van der Waals surface area contributed by atoms with Gasteiger partial charge in [-0.25, -0.2) is 4.79 Å². The Kier molecular flexibility index (Phi) is 22.6. The molecule has 2 radical (unpaired) electrons. The van der Waals surface area contributed by atoms with Crippen LogP contribution in [0.2, 0.25) is 10.0 Å². The average molecular weight is 1240 g/mol. The molecule has 3 fully saturated rings. The van der Waals surface area contributed by atoms with Crippen LogP contribution < -0.4 is 40.2 Å². The molecule has 3 heterocycles. The van der Waals surface area contributed by atoms with E-state index in [1.165, 1.54) is 20.0 Å². The Morgan fingerprint density at radius 1 is 0.648 bits per heavy atom. The van der Waals surface area contributed by atoms with Crippen molar-refractivity contribution in [3.05, 3.63) is 127 Å². The number of esters is 1. The predicted molar refractivity (Wildman–Crippen MR) is 276 cm³/mol. The molecule has 9 rings (SSSR count). The molecule has 3 aliphatic heterocycles. The van der Waals surface area contributed by atoms with E-state index in [1.54, 1.807) is 12.1 Å². The van der Waals surface area contributed by atoms with Crippen LogP contribution in [0.25, 0.3) is 0 Å². The molecule has 0 bridgehead atoms. The first-order chi connectivity index (χ1) is 33.3. The van der Waals surface area contributed by atoms with E-state index in [4.69, 9.17) is 39.3 Å². The maximum absolute atomic E-state index is 12.8. The number of carbonyl (C=O) groups is 4. The molecular formula is C55H65BCl2N5NaO6U. The number of hydrogen-bond donors (Lipinski definition) is 2. The third-order valence-electron chi connectivity index (χ3n) is 14.5. The minimum Gasteiger partial charge on any atom is -0.870 e. The zero-order valence-corrected chi connectivity index (χ0v) is 49.4. The number of carbonyl (C=O) groups excluding carboxylic acids is 4. The predicted octanol–water partition coefficient (Wildman–Crippen LogP) is 7.80. The summed E-state index contributed by atoms with van der Waals surface area (Å²) in [6.45, 7) is 6.87. The summed E-state index contributed by atoms with van der Waals surface area (Å²) >= 11 is 13.0. The van der Waals surface area contributed by atoms with Gasteiger partial charge in [0.15, 0.2) is 0 Å². The molecule has 4 aromatic carbocycles. The minimum absolute atomic E-state index is 0. The molecule has 71 heavy (non-hydrogen) atoms. The fourth-order valence-electron chi connectivity index (χ4n) is 10.3. The van der Waals surface area contributed by atoms with E-state index >= 15 is 0 Å². The number of rotatable bonds is 12. The third kappa shape index (κ3) is 15.2. The molecule has 3 N–H and O–H groups in total. The van der Waals surface area contributed by atoms with Gasteiger partial charge in [-0.1, -0.05) is 112 Å². The summed E-state index contributed by atoms with van der Waals surface area (Å²) in [6, 6.07) is 23.3. The van der Waals surface area contributed by atoms with E-state index in [0.29, 0.717) is 41.5 Å². The van der Waals surface area contributed by atoms with E-state index in [0.717, 1.165) is 152 Å². The van der Waals surface area contributed by atoms with Crippen LogP contribution in [0.3, 0.4) is 0 Å². The summed E-state index contributed by atoms with van der Waals surface area (Å²) in [5.41, 5.74) is 10.8. The van der Waals surface area contributed by atoms with Crippen molar-refractivity contribution in [3.63, 3.8) is 0 Å². The van der Waals surface area contributed by atoms with Crippen molar-refractivity contribution in [1.82, 2.24) is 15.5 Å². The Morgan fingerprint density at radius 3 is 1.51 bits per heavy atom. The van der Waals surface area contributed by atoms with Crippen LogP contribution in [-0.4, -0.2) is 75.4 Å². The van der Waals surface area contributed by atoms with Crippen molar-refractivity contribution in [2.75, 3.05) is 20.2 Å². The summed E-state index contributed by atoms with van der Waals surface area (Å²) in [5.74, 6) is 0.0412. The van der Waals surface area contributed by atoms with E-state index in [-0.39, 0.29) is 101 Å². The summed E-state index contributed by atoms with van der Waals surface area (Å²) in [4.78, 5) is 61.6. The number of fused-ring (bicyclic) bond motifs is 2. The number of hydrogen-bond acceptors (Lipinski definition) is 8. The molecule has 0 unspecified atom stereocenters. The van der Waals surface area contributed by atoms with Crippen molar-refractivity contribution >= 4 is 78.1 Å². The smallest absolute Gasteiger partial charge is 0.870 e. The van der Waals surface area contributed by atoms with Gasteiger partial charge in [-0.15, -0.1) is 0 Å². The Morgan fingerprint density at radius 2 is 1.07 bits per heavy atom. The number of nitrogens with one attached hydrogen (secondary N) is 2. The van der Waals surface area contributed by atoms with Crippen molar-refractivity contribution in [2.45, 2.75) is 130 Å². The Bertz CT molecular complexity index is 2620. The van der Waals surface area contributed by atoms with Gasteiger partial charge in [-0.05, 0) is 110 Å². The van der Waals surface area contributed by atoms with E-state index in [9.17, 15) is 19.2 Å². The van der Waals surface area contributed by atoms with Gasteiger partial charge < -0.3 is 25.7 Å². The normalized spacial score (nSPS) is 16.9. The molecule has 11 nitrogen and oxygen atoms in total. The number of methoxy groups -OCH3 is 1. The van der Waals surface area contributed by atoms with Gasteiger partial charge >= 0.3 is 35.5 Å². The third-order valence-corrected chi connectivity index (χ3v) is 15.2. The minimum atomic E-state index is -0.365. The molecule has 0 aromatic heterocycles. The zero-order valence-electron chi connectivity index (χ0n) is 42.7. The molecule has 1 saturated heterocycles. The van der Waals surface area contributed by atoms with Crippen LogP contribution in [0.5, 0.6) is 0 Å². The molecule has 0 spiro atoms. The van der Waals surface area contributed by atoms with E-state index in [2.05, 4.69) is 45.0 Å². The number of amides is 3. The summed E-state index contributed by atoms with van der Waals surface area (Å²) < 4.78 is 10.0. The molecule has 3 amide bonds. The standard InChI is InChI=1S/C29H34ClN3O2.C26H29ClN2O3.BH.Na.H2O.U/c1-29(11-3-2-4-12-29)28(35)31-19-20-7-10-25(30)23(15-20)17-24-16-21-8-9-22(18-26(21)32-24)27(34)33-13-5-6-14-33;1-26(10-4-3-5-11-26)25(31)28-16-17-6-9-22(27)20(12-17)14-21-13-18-7-8-19(24(30)32-2)15-23(18)29-21;;;;/h7-10,15,18H,2-6,11-14,16-17,19H2,1H3,(H,31,35);6-9,12,15H,3-5,10-11,13-14,16H2,1-2H3,(H,28,31);1H;;1H2;/q;;;+1;;/p-1/i;;1T;;;. The Labute approximate surface area is 478 Å². The molecular weight excluding hydrogens is 1170 g/mol. The van der Waals surface area contributed by atoms with Gasteiger partial charge in [0.25, 0.3) is 5.91 Å². The Hall–Kier alpha value is -3.24. The van der Waals surface area contributed by atoms with Crippen LogP contribution in [0.4, 0.5) is 11.4 Å². The van der Waals surface area contributed by atoms with Gasteiger partial charge in [0, 0.05) is 129 Å². The number of benzene rings is 4. The van der Waals surface area contributed by atoms with E-state index < -0.39 is 0 Å². The maximum atomic E-state index is 12.8. The fraction of sp³-hybridized carbons (Fsp3) is 0.455. The van der Waals surface area contributed by atoms with Gasteiger partial charge in [0.05, 0.1) is 24.0 Å². The van der Waals surface area contributed by atoms with Gasteiger partial charge in [0.1, 0.15) is 0 Å². The molecule has 368 valence electrons. The second-order valence-corrected chi connectivity index (χ2v) is 20.5. The largest absolute Gasteiger partial charge is 1.00 e. The van der Waals surface area contributed by atoms with Crippen LogP contribution in [0, 0.1) is 41.9 Å². The molecule has 5 aliphatic rings. The second-order valence-electron chi connectivity index (χ2n) is 19.7. The number of aliphatic imine (C=N–C) groups is 2. The van der Waals surface area contributed by atoms with Crippen molar-refractivity contribution in [1.29, 1.82) is 1.34 Å². The number of nitrogens with zero attached hydrogens (tertiary/aromatic N) is 3. The maximum Gasteiger partial charge on any atom is 1.00 e. The molecule has 16 heteroatoms. The van der Waals surface area contributed by atoms with Gasteiger partial charge in [0.2, 0.25) is 11.8 Å².